The molecule has 0 saturated carbocycles. The van der Waals surface area contributed by atoms with Gasteiger partial charge in [0.25, 0.3) is 0 Å². The van der Waals surface area contributed by atoms with Crippen LogP contribution in [0, 0.1) is 6.92 Å². The summed E-state index contributed by atoms with van der Waals surface area (Å²) >= 11 is 0. The predicted molar refractivity (Wildman–Crippen MR) is 115 cm³/mol. The molecule has 1 unspecified atom stereocenters. The Morgan fingerprint density at radius 2 is 1.86 bits per heavy atom. The monoisotopic (exact) mass is 388 g/mol. The predicted octanol–water partition coefficient (Wildman–Crippen LogP) is 5.34. The molecule has 4 nitrogen and oxygen atoms in total. The molecule has 1 aliphatic carbocycles. The lowest BCUT2D eigenvalue weighted by Crippen LogP contribution is -2.27. The van der Waals surface area contributed by atoms with Gasteiger partial charge in [-0.25, -0.2) is 4.98 Å². The molecule has 1 amide bonds. The molecule has 150 valence electrons. The van der Waals surface area contributed by atoms with Crippen molar-refractivity contribution in [3.8, 4) is 11.3 Å². The number of carbonyl (C=O) groups is 1. The van der Waals surface area contributed by atoms with Gasteiger partial charge < -0.3 is 9.73 Å². The number of fused-ring (bicyclic) bond motifs is 1. The molecule has 1 heterocycles. The number of amides is 1. The molecule has 1 aliphatic rings. The van der Waals surface area contributed by atoms with Crippen LogP contribution in [0.4, 0.5) is 0 Å². The van der Waals surface area contributed by atoms with E-state index >= 15 is 0 Å². The number of nitrogens with one attached hydrogen (secondary N) is 1. The van der Waals surface area contributed by atoms with Crippen LogP contribution >= 0.6 is 0 Å². The summed E-state index contributed by atoms with van der Waals surface area (Å²) in [6.07, 6.45) is 7.46. The first kappa shape index (κ1) is 19.4. The van der Waals surface area contributed by atoms with E-state index in [1.54, 1.807) is 6.20 Å². The van der Waals surface area contributed by atoms with Crippen molar-refractivity contribution < 1.29 is 9.21 Å². The second-order valence-electron chi connectivity index (χ2n) is 8.01. The lowest BCUT2D eigenvalue weighted by atomic mass is 9.89. The van der Waals surface area contributed by atoms with Crippen LogP contribution in [0.25, 0.3) is 11.3 Å². The smallest absolute Gasteiger partial charge is 0.220 e. The van der Waals surface area contributed by atoms with E-state index in [-0.39, 0.29) is 11.9 Å². The second-order valence-corrected chi connectivity index (χ2v) is 8.01. The largest absolute Gasteiger partial charge is 0.441 e. The Morgan fingerprint density at radius 3 is 2.66 bits per heavy atom. The van der Waals surface area contributed by atoms with Gasteiger partial charge in [-0.1, -0.05) is 48.0 Å². The van der Waals surface area contributed by atoms with Gasteiger partial charge in [0.05, 0.1) is 12.2 Å². The number of benzene rings is 2. The zero-order chi connectivity index (χ0) is 20.2. The maximum Gasteiger partial charge on any atom is 0.220 e. The number of rotatable bonds is 6. The molecule has 0 aliphatic heterocycles. The zero-order valence-corrected chi connectivity index (χ0v) is 17.2. The normalized spacial score (nSPS) is 14.3. The molecule has 1 atom stereocenters. The maximum atomic E-state index is 12.4. The summed E-state index contributed by atoms with van der Waals surface area (Å²) in [6.45, 7) is 4.10. The first-order valence-corrected chi connectivity index (χ1v) is 10.5. The topological polar surface area (TPSA) is 55.1 Å². The second kappa shape index (κ2) is 8.64. The molecule has 1 aromatic heterocycles. The Morgan fingerprint density at radius 1 is 1.10 bits per heavy atom. The molecule has 0 bridgehead atoms. The molecule has 0 radical (unpaired) electrons. The zero-order valence-electron chi connectivity index (χ0n) is 17.2. The minimum Gasteiger partial charge on any atom is -0.441 e. The molecule has 0 spiro atoms. The fourth-order valence-electron chi connectivity index (χ4n) is 3.92. The van der Waals surface area contributed by atoms with Crippen LogP contribution in [0.3, 0.4) is 0 Å². The number of carbonyl (C=O) groups excluding carboxylic acids is 1. The summed E-state index contributed by atoms with van der Waals surface area (Å²) in [6, 6.07) is 14.8. The summed E-state index contributed by atoms with van der Waals surface area (Å²) in [4.78, 5) is 16.7. The van der Waals surface area contributed by atoms with E-state index < -0.39 is 0 Å². The number of hydrogen-bond acceptors (Lipinski definition) is 3. The molecule has 4 heteroatoms. The Hall–Kier alpha value is -2.88. The van der Waals surface area contributed by atoms with Crippen LogP contribution in [-0.2, 0) is 24.1 Å². The van der Waals surface area contributed by atoms with Gasteiger partial charge in [0.15, 0.2) is 11.7 Å². The fraction of sp³-hybridized carbons (Fsp3) is 0.360. The fourth-order valence-corrected chi connectivity index (χ4v) is 3.92. The van der Waals surface area contributed by atoms with Crippen molar-refractivity contribution in [2.24, 2.45) is 0 Å². The van der Waals surface area contributed by atoms with Gasteiger partial charge in [-0.15, -0.1) is 0 Å². The Labute approximate surface area is 172 Å². The van der Waals surface area contributed by atoms with Gasteiger partial charge in [0.2, 0.25) is 5.91 Å². The van der Waals surface area contributed by atoms with Crippen LogP contribution in [-0.4, -0.2) is 10.9 Å². The van der Waals surface area contributed by atoms with Gasteiger partial charge in [-0.3, -0.25) is 4.79 Å². The van der Waals surface area contributed by atoms with Crippen molar-refractivity contribution in [3.05, 3.63) is 76.8 Å². The van der Waals surface area contributed by atoms with E-state index in [0.29, 0.717) is 18.7 Å². The third kappa shape index (κ3) is 4.76. The summed E-state index contributed by atoms with van der Waals surface area (Å²) in [7, 11) is 0. The number of oxazole rings is 1. The first-order chi connectivity index (χ1) is 14.1. The Balaban J connectivity index is 1.31. The van der Waals surface area contributed by atoms with Gasteiger partial charge in [0.1, 0.15) is 0 Å². The van der Waals surface area contributed by atoms with Gasteiger partial charge >= 0.3 is 0 Å². The highest BCUT2D eigenvalue weighted by Gasteiger charge is 2.15. The Kier molecular flexibility index (Phi) is 5.79. The van der Waals surface area contributed by atoms with Crippen molar-refractivity contribution in [3.63, 3.8) is 0 Å². The van der Waals surface area contributed by atoms with Crippen molar-refractivity contribution in [1.82, 2.24) is 10.3 Å². The lowest BCUT2D eigenvalue weighted by molar-refractivity contribution is -0.121. The van der Waals surface area contributed by atoms with Crippen LogP contribution in [0.2, 0.25) is 0 Å². The summed E-state index contributed by atoms with van der Waals surface area (Å²) in [5, 5.41) is 3.11. The molecular weight excluding hydrogens is 360 g/mol. The Bertz CT molecular complexity index is 988. The van der Waals surface area contributed by atoms with E-state index in [9.17, 15) is 4.79 Å². The average molecular weight is 389 g/mol. The van der Waals surface area contributed by atoms with Crippen LogP contribution in [0.15, 0.2) is 53.1 Å². The van der Waals surface area contributed by atoms with Crippen molar-refractivity contribution in [1.29, 1.82) is 0 Å². The molecule has 0 fully saturated rings. The SMILES string of the molecule is Cc1ccc(-c2cnc(CCC(=O)NC(C)c3ccc4c(c3)CCCC4)o2)cc1. The van der Waals surface area contributed by atoms with E-state index in [2.05, 4.69) is 35.4 Å². The van der Waals surface area contributed by atoms with Gasteiger partial charge in [-0.05, 0) is 56.2 Å². The molecular formula is C25H28N2O2. The van der Waals surface area contributed by atoms with E-state index in [4.69, 9.17) is 4.42 Å². The third-order valence-corrected chi connectivity index (χ3v) is 5.71. The minimum absolute atomic E-state index is 0.00223. The number of hydrogen-bond donors (Lipinski definition) is 1. The van der Waals surface area contributed by atoms with Crippen molar-refractivity contribution >= 4 is 5.91 Å². The van der Waals surface area contributed by atoms with Gasteiger partial charge in [-0.2, -0.15) is 0 Å². The highest BCUT2D eigenvalue weighted by atomic mass is 16.4. The van der Waals surface area contributed by atoms with Crippen LogP contribution in [0.1, 0.15) is 60.4 Å². The lowest BCUT2D eigenvalue weighted by Gasteiger charge is -2.20. The quantitative estimate of drug-likeness (QED) is 0.620. The molecule has 29 heavy (non-hydrogen) atoms. The summed E-state index contributed by atoms with van der Waals surface area (Å²) < 4.78 is 5.82. The molecule has 4 rings (SSSR count). The number of aryl methyl sites for hydroxylation is 4. The number of aromatic nitrogens is 1. The first-order valence-electron chi connectivity index (χ1n) is 10.5. The highest BCUT2D eigenvalue weighted by Crippen LogP contribution is 2.25. The third-order valence-electron chi connectivity index (χ3n) is 5.71. The average Bonchev–Trinajstić information content (AvgIpc) is 3.21. The van der Waals surface area contributed by atoms with E-state index in [1.165, 1.54) is 41.5 Å². The van der Waals surface area contributed by atoms with Crippen LogP contribution in [0.5, 0.6) is 0 Å². The van der Waals surface area contributed by atoms with Crippen molar-refractivity contribution in [2.75, 3.05) is 0 Å². The van der Waals surface area contributed by atoms with Crippen molar-refractivity contribution in [2.45, 2.75) is 58.4 Å². The van der Waals surface area contributed by atoms with E-state index in [0.717, 1.165) is 17.7 Å². The van der Waals surface area contributed by atoms with Gasteiger partial charge in [0, 0.05) is 18.4 Å². The standard InChI is InChI=1S/C25H28N2O2/c1-17-7-9-20(10-8-17)23-16-26-25(29-23)14-13-24(28)27-18(2)21-12-11-19-5-3-4-6-22(19)15-21/h7-12,15-16,18H,3-6,13-14H2,1-2H3,(H,27,28). The molecule has 2 aromatic carbocycles. The maximum absolute atomic E-state index is 12.4. The minimum atomic E-state index is 0.00223. The van der Waals surface area contributed by atoms with Crippen LogP contribution < -0.4 is 5.32 Å². The molecule has 1 N–H and O–H groups in total. The highest BCUT2D eigenvalue weighted by molar-refractivity contribution is 5.76. The number of nitrogens with zero attached hydrogens (tertiary/aromatic N) is 1. The van der Waals surface area contributed by atoms with E-state index in [1.807, 2.05) is 31.2 Å². The molecule has 3 aromatic rings. The molecule has 0 saturated heterocycles. The summed E-state index contributed by atoms with van der Waals surface area (Å²) in [5.74, 6) is 1.35. The summed E-state index contributed by atoms with van der Waals surface area (Å²) in [5.41, 5.74) is 6.29.